The first-order valence-electron chi connectivity index (χ1n) is 20.9. The van der Waals surface area contributed by atoms with Gasteiger partial charge >= 0.3 is 13.8 Å². The minimum Gasteiger partial charge on any atom is -0.457 e. The van der Waals surface area contributed by atoms with E-state index >= 15 is 0 Å². The van der Waals surface area contributed by atoms with Crippen LogP contribution in [0.5, 0.6) is 0 Å². The molecular weight excluding hydrogens is 691 g/mol. The molecule has 0 spiro atoms. The van der Waals surface area contributed by atoms with Gasteiger partial charge in [0.1, 0.15) is 42.7 Å². The third kappa shape index (κ3) is 24.0. The van der Waals surface area contributed by atoms with Crippen molar-refractivity contribution in [3.63, 3.8) is 0 Å². The quantitative estimate of drug-likeness (QED) is 0.0213. The zero-order valence-electron chi connectivity index (χ0n) is 32.6. The molecule has 8 atom stereocenters. The summed E-state index contributed by atoms with van der Waals surface area (Å²) in [6.07, 6.45) is 17.6. The summed E-state index contributed by atoms with van der Waals surface area (Å²) in [6.45, 7) is 4.24. The minimum atomic E-state index is -5.00. The molecule has 0 aromatic carbocycles. The van der Waals surface area contributed by atoms with E-state index in [-0.39, 0.29) is 13.0 Å². The second-order valence-corrected chi connectivity index (χ2v) is 16.3. The van der Waals surface area contributed by atoms with Gasteiger partial charge < -0.3 is 39.9 Å². The van der Waals surface area contributed by atoms with Crippen molar-refractivity contribution in [2.75, 3.05) is 19.8 Å². The molecule has 310 valence electrons. The van der Waals surface area contributed by atoms with E-state index in [4.69, 9.17) is 18.5 Å². The third-order valence-corrected chi connectivity index (χ3v) is 11.0. The molecule has 0 amide bonds. The number of carbonyl (C=O) groups is 1. The average molecular weight is 769 g/mol. The molecule has 0 heterocycles. The lowest BCUT2D eigenvalue weighted by Crippen LogP contribution is -2.64. The van der Waals surface area contributed by atoms with E-state index < -0.39 is 63.1 Å². The molecule has 1 fully saturated rings. The van der Waals surface area contributed by atoms with Crippen LogP contribution in [0, 0.1) is 0 Å². The van der Waals surface area contributed by atoms with Gasteiger partial charge in [0.15, 0.2) is 0 Å². The first-order valence-corrected chi connectivity index (χ1v) is 22.4. The van der Waals surface area contributed by atoms with Crippen LogP contribution in [0.4, 0.5) is 0 Å². The predicted molar refractivity (Wildman–Crippen MR) is 203 cm³/mol. The average Bonchev–Trinajstić information content (AvgIpc) is 3.12. The van der Waals surface area contributed by atoms with Gasteiger partial charge in [-0.3, -0.25) is 13.8 Å². The number of rotatable bonds is 35. The largest absolute Gasteiger partial charge is 0.472 e. The molecule has 6 N–H and O–H groups in total. The Balaban J connectivity index is 2.39. The number of ether oxygens (including phenoxy) is 2. The minimum absolute atomic E-state index is 0.0689. The van der Waals surface area contributed by atoms with Crippen molar-refractivity contribution in [2.24, 2.45) is 0 Å². The molecule has 1 saturated carbocycles. The number of hydrogen-bond donors (Lipinski definition) is 6. The van der Waals surface area contributed by atoms with Crippen molar-refractivity contribution < 1.29 is 58.3 Å². The maximum absolute atomic E-state index is 12.7. The van der Waals surface area contributed by atoms with Crippen LogP contribution in [0.15, 0.2) is 0 Å². The molecule has 13 heteroatoms. The Bertz CT molecular complexity index is 879. The number of aliphatic hydroxyl groups is 5. The first kappa shape index (κ1) is 49.4. The van der Waals surface area contributed by atoms with Gasteiger partial charge in [-0.25, -0.2) is 4.57 Å². The van der Waals surface area contributed by atoms with Crippen LogP contribution in [0.1, 0.15) is 181 Å². The van der Waals surface area contributed by atoms with Gasteiger partial charge in [0.2, 0.25) is 0 Å². The maximum atomic E-state index is 12.7. The molecular formula is C39H77O12P. The summed E-state index contributed by atoms with van der Waals surface area (Å²) in [7, 11) is -5.00. The monoisotopic (exact) mass is 769 g/mol. The first-order chi connectivity index (χ1) is 25.0. The number of unbranched alkanes of at least 4 members (excludes halogenated alkanes) is 23. The number of hydrogen-bond acceptors (Lipinski definition) is 11. The fourth-order valence-electron chi connectivity index (χ4n) is 6.59. The van der Waals surface area contributed by atoms with Crippen LogP contribution in [-0.4, -0.2) is 98.9 Å². The number of aliphatic hydroxyl groups excluding tert-OH is 5. The fourth-order valence-corrected chi connectivity index (χ4v) is 7.56. The summed E-state index contributed by atoms with van der Waals surface area (Å²) < 4.78 is 34.0. The molecule has 1 rings (SSSR count). The van der Waals surface area contributed by atoms with Gasteiger partial charge in [-0.2, -0.15) is 0 Å². The molecule has 0 radical (unpaired) electrons. The lowest BCUT2D eigenvalue weighted by molar-refractivity contribution is -0.220. The number of carbonyl (C=O) groups excluding carboxylic acids is 1. The second-order valence-electron chi connectivity index (χ2n) is 14.9. The van der Waals surface area contributed by atoms with E-state index in [9.17, 15) is 39.8 Å². The Labute approximate surface area is 315 Å². The highest BCUT2D eigenvalue weighted by molar-refractivity contribution is 7.47. The summed E-state index contributed by atoms with van der Waals surface area (Å²) in [5.41, 5.74) is 0. The van der Waals surface area contributed by atoms with Gasteiger partial charge in [0.25, 0.3) is 0 Å². The summed E-state index contributed by atoms with van der Waals surface area (Å²) in [5, 5.41) is 50.0. The molecule has 12 nitrogen and oxygen atoms in total. The van der Waals surface area contributed by atoms with E-state index in [1.165, 1.54) is 116 Å². The summed E-state index contributed by atoms with van der Waals surface area (Å²) in [4.78, 5) is 23.0. The third-order valence-electron chi connectivity index (χ3n) is 9.98. The predicted octanol–water partition coefficient (Wildman–Crippen LogP) is 7.42. The SMILES string of the molecule is CCCCCCCCCCCCCCCCCCOC[C@H](COP(=O)(O)OC1C(O)C(O)C(O)[C@@H](O)C1O)OC(=O)CCCCCCCCCCC. The number of phosphoric ester groups is 1. The standard InChI is InChI=1S/C39H77O12P/c1-3-5-7-9-11-13-14-15-16-17-18-19-21-23-25-27-29-48-30-32(50-33(40)28-26-24-22-20-12-10-8-6-4-2)31-49-52(46,47)51-39-37(44)35(42)34(41)36(43)38(39)45/h32,34-39,41-45H,3-31H2,1-2H3,(H,46,47)/t32-,34?,35-,36?,37?,38?,39?/m1/s1. The second kappa shape index (κ2) is 31.5. The van der Waals surface area contributed by atoms with Gasteiger partial charge in [0, 0.05) is 13.0 Å². The topological polar surface area (TPSA) is 192 Å². The van der Waals surface area contributed by atoms with E-state index in [1.54, 1.807) is 0 Å². The molecule has 0 aromatic rings. The van der Waals surface area contributed by atoms with Crippen molar-refractivity contribution in [3.05, 3.63) is 0 Å². The van der Waals surface area contributed by atoms with Crippen LogP contribution in [0.25, 0.3) is 0 Å². The smallest absolute Gasteiger partial charge is 0.457 e. The zero-order chi connectivity index (χ0) is 38.5. The van der Waals surface area contributed by atoms with Crippen molar-refractivity contribution in [1.82, 2.24) is 0 Å². The van der Waals surface area contributed by atoms with E-state index in [2.05, 4.69) is 13.8 Å². The van der Waals surface area contributed by atoms with Crippen LogP contribution in [0.3, 0.4) is 0 Å². The number of esters is 1. The van der Waals surface area contributed by atoms with Crippen molar-refractivity contribution in [1.29, 1.82) is 0 Å². The molecule has 6 unspecified atom stereocenters. The molecule has 52 heavy (non-hydrogen) atoms. The van der Waals surface area contributed by atoms with Crippen LogP contribution in [0.2, 0.25) is 0 Å². The van der Waals surface area contributed by atoms with Crippen LogP contribution in [-0.2, 0) is 27.9 Å². The van der Waals surface area contributed by atoms with Gasteiger partial charge in [0.05, 0.1) is 13.2 Å². The van der Waals surface area contributed by atoms with Gasteiger partial charge in [-0.15, -0.1) is 0 Å². The lowest BCUT2D eigenvalue weighted by Gasteiger charge is -2.41. The fraction of sp³-hybridized carbons (Fsp3) is 0.974. The van der Waals surface area contributed by atoms with Gasteiger partial charge in [-0.1, -0.05) is 162 Å². The Kier molecular flexibility index (Phi) is 29.9. The normalized spacial score (nSPS) is 23.8. The van der Waals surface area contributed by atoms with Crippen LogP contribution >= 0.6 is 7.82 Å². The highest BCUT2D eigenvalue weighted by Crippen LogP contribution is 2.47. The Morgan fingerprint density at radius 2 is 0.904 bits per heavy atom. The molecule has 0 aromatic heterocycles. The van der Waals surface area contributed by atoms with E-state index in [0.717, 1.165) is 38.5 Å². The molecule has 1 aliphatic carbocycles. The van der Waals surface area contributed by atoms with E-state index in [0.29, 0.717) is 13.0 Å². The molecule has 0 saturated heterocycles. The zero-order valence-corrected chi connectivity index (χ0v) is 33.5. The summed E-state index contributed by atoms with van der Waals surface area (Å²) >= 11 is 0. The highest BCUT2D eigenvalue weighted by Gasteiger charge is 2.51. The maximum Gasteiger partial charge on any atom is 0.472 e. The van der Waals surface area contributed by atoms with Crippen molar-refractivity contribution >= 4 is 13.8 Å². The lowest BCUT2D eigenvalue weighted by atomic mass is 9.85. The Morgan fingerprint density at radius 1 is 0.538 bits per heavy atom. The molecule has 1 aliphatic rings. The van der Waals surface area contributed by atoms with Crippen LogP contribution < -0.4 is 0 Å². The molecule has 0 aliphatic heterocycles. The summed E-state index contributed by atoms with van der Waals surface area (Å²) in [5.74, 6) is -0.477. The highest BCUT2D eigenvalue weighted by atomic mass is 31.2. The van der Waals surface area contributed by atoms with Crippen molar-refractivity contribution in [3.8, 4) is 0 Å². The number of phosphoric acid groups is 1. The van der Waals surface area contributed by atoms with Crippen molar-refractivity contribution in [2.45, 2.75) is 224 Å². The molecule has 0 bridgehead atoms. The van der Waals surface area contributed by atoms with E-state index in [1.807, 2.05) is 0 Å². The van der Waals surface area contributed by atoms with Gasteiger partial charge in [-0.05, 0) is 12.8 Å². The Hall–Kier alpha value is -0.660. The Morgan fingerprint density at radius 3 is 1.33 bits per heavy atom. The summed E-state index contributed by atoms with van der Waals surface area (Å²) in [6, 6.07) is 0.